The number of aryl methyl sites for hydroxylation is 2. The number of rotatable bonds is 6. The van der Waals surface area contributed by atoms with E-state index in [0.717, 1.165) is 0 Å². The third-order valence-corrected chi connectivity index (χ3v) is 4.69. The number of nitro groups is 1. The van der Waals surface area contributed by atoms with Crippen molar-refractivity contribution in [1.29, 1.82) is 0 Å². The van der Waals surface area contributed by atoms with Gasteiger partial charge in [-0.1, -0.05) is 0 Å². The largest absolute Gasteiger partial charge is 0.423 e. The van der Waals surface area contributed by atoms with Gasteiger partial charge < -0.3 is 10.1 Å². The highest BCUT2D eigenvalue weighted by Gasteiger charge is 2.20. The number of hydrogen-bond acceptors (Lipinski definition) is 7. The highest BCUT2D eigenvalue weighted by molar-refractivity contribution is 6.04. The molecule has 11 heteroatoms. The minimum Gasteiger partial charge on any atom is -0.423 e. The second-order valence-corrected chi connectivity index (χ2v) is 7.14. The van der Waals surface area contributed by atoms with E-state index in [0.29, 0.717) is 22.5 Å². The smallest absolute Gasteiger partial charge is 0.347 e. The second-order valence-electron chi connectivity index (χ2n) is 7.14. The number of carbonyl (C=O) groups excluding carboxylic acids is 2. The molecule has 2 aromatic heterocycles. The molecule has 33 heavy (non-hydrogen) atoms. The van der Waals surface area contributed by atoms with E-state index in [2.05, 4.69) is 15.5 Å². The third-order valence-electron chi connectivity index (χ3n) is 4.69. The molecule has 0 saturated heterocycles. The van der Waals surface area contributed by atoms with E-state index in [1.165, 1.54) is 46.0 Å². The number of ether oxygens (including phenoxy) is 1. The number of nitrogens with zero attached hydrogens (tertiary/aromatic N) is 5. The number of hydrogen-bond donors (Lipinski definition) is 1. The van der Waals surface area contributed by atoms with Crippen LogP contribution in [0.1, 0.15) is 20.7 Å². The molecule has 4 aromatic rings. The SMILES string of the molecule is Cn1cc(C(=O)Nc2ccc(OC(=O)c3cn(C)nc3-c3ccc([N+](=O)[O-])cc3)cc2)cn1. The topological polar surface area (TPSA) is 134 Å². The van der Waals surface area contributed by atoms with E-state index in [4.69, 9.17) is 4.74 Å². The molecular weight excluding hydrogens is 428 g/mol. The van der Waals surface area contributed by atoms with Gasteiger partial charge in [-0.05, 0) is 36.4 Å². The molecule has 0 saturated carbocycles. The molecule has 0 radical (unpaired) electrons. The van der Waals surface area contributed by atoms with Gasteiger partial charge in [0.05, 0.1) is 16.7 Å². The van der Waals surface area contributed by atoms with Crippen molar-refractivity contribution in [3.63, 3.8) is 0 Å². The van der Waals surface area contributed by atoms with E-state index in [-0.39, 0.29) is 22.9 Å². The van der Waals surface area contributed by atoms with Crippen molar-refractivity contribution < 1.29 is 19.2 Å². The monoisotopic (exact) mass is 446 g/mol. The Morgan fingerprint density at radius 3 is 2.30 bits per heavy atom. The van der Waals surface area contributed by atoms with Crippen LogP contribution >= 0.6 is 0 Å². The van der Waals surface area contributed by atoms with Crippen LogP contribution in [-0.2, 0) is 14.1 Å². The zero-order chi connectivity index (χ0) is 23.5. The fraction of sp³-hybridized carbons (Fsp3) is 0.0909. The first-order chi connectivity index (χ1) is 15.8. The van der Waals surface area contributed by atoms with Gasteiger partial charge in [-0.3, -0.25) is 24.3 Å². The molecule has 0 fully saturated rings. The van der Waals surface area contributed by atoms with Crippen LogP contribution in [0, 0.1) is 10.1 Å². The van der Waals surface area contributed by atoms with Crippen LogP contribution in [-0.4, -0.2) is 36.4 Å². The molecule has 0 unspecified atom stereocenters. The molecule has 0 aliphatic carbocycles. The predicted octanol–water partition coefficient (Wildman–Crippen LogP) is 3.20. The van der Waals surface area contributed by atoms with E-state index < -0.39 is 10.9 Å². The maximum atomic E-state index is 12.8. The summed E-state index contributed by atoms with van der Waals surface area (Å²) in [6, 6.07) is 12.1. The number of nitrogens with one attached hydrogen (secondary N) is 1. The van der Waals surface area contributed by atoms with E-state index in [9.17, 15) is 19.7 Å². The van der Waals surface area contributed by atoms with Crippen LogP contribution in [0.15, 0.2) is 67.1 Å². The van der Waals surface area contributed by atoms with Crippen LogP contribution in [0.2, 0.25) is 0 Å². The molecule has 166 valence electrons. The lowest BCUT2D eigenvalue weighted by atomic mass is 10.1. The minimum absolute atomic E-state index is 0.0606. The Bertz CT molecular complexity index is 1340. The maximum Gasteiger partial charge on any atom is 0.347 e. The number of aromatic nitrogens is 4. The lowest BCUT2D eigenvalue weighted by molar-refractivity contribution is -0.384. The summed E-state index contributed by atoms with van der Waals surface area (Å²) in [4.78, 5) is 35.4. The van der Waals surface area contributed by atoms with Crippen molar-refractivity contribution in [1.82, 2.24) is 19.6 Å². The molecule has 0 spiro atoms. The molecule has 4 rings (SSSR count). The molecule has 0 aliphatic rings. The second kappa shape index (κ2) is 8.75. The van der Waals surface area contributed by atoms with Crippen LogP contribution < -0.4 is 10.1 Å². The van der Waals surface area contributed by atoms with Gasteiger partial charge in [0.25, 0.3) is 11.6 Å². The molecule has 1 amide bonds. The molecule has 0 atom stereocenters. The first kappa shape index (κ1) is 21.4. The quantitative estimate of drug-likeness (QED) is 0.208. The zero-order valence-electron chi connectivity index (χ0n) is 17.6. The standard InChI is InChI=1S/C22H18N6O5/c1-26-12-15(11-23-26)21(29)24-16-5-9-18(10-6-16)33-22(30)19-13-27(2)25-20(19)14-3-7-17(8-4-14)28(31)32/h3-13H,1-2H3,(H,24,29). The fourth-order valence-corrected chi connectivity index (χ4v) is 3.10. The van der Waals surface area contributed by atoms with Crippen LogP contribution in [0.3, 0.4) is 0 Å². The third kappa shape index (κ3) is 4.77. The van der Waals surface area contributed by atoms with E-state index in [1.54, 1.807) is 44.6 Å². The summed E-state index contributed by atoms with van der Waals surface area (Å²) in [7, 11) is 3.38. The molecule has 0 bridgehead atoms. The number of amides is 1. The van der Waals surface area contributed by atoms with E-state index in [1.807, 2.05) is 0 Å². The summed E-state index contributed by atoms with van der Waals surface area (Å²) < 4.78 is 8.45. The Morgan fingerprint density at radius 1 is 1.00 bits per heavy atom. The Kier molecular flexibility index (Phi) is 5.68. The predicted molar refractivity (Wildman–Crippen MR) is 118 cm³/mol. The lowest BCUT2D eigenvalue weighted by Gasteiger charge is -2.07. The number of esters is 1. The Balaban J connectivity index is 1.47. The average molecular weight is 446 g/mol. The maximum absolute atomic E-state index is 12.8. The van der Waals surface area contributed by atoms with Crippen molar-refractivity contribution in [3.05, 3.63) is 88.4 Å². The highest BCUT2D eigenvalue weighted by atomic mass is 16.6. The van der Waals surface area contributed by atoms with Crippen molar-refractivity contribution in [2.75, 3.05) is 5.32 Å². The van der Waals surface area contributed by atoms with Crippen molar-refractivity contribution >= 4 is 23.3 Å². The summed E-state index contributed by atoms with van der Waals surface area (Å²) in [6.45, 7) is 0. The first-order valence-corrected chi connectivity index (χ1v) is 9.71. The van der Waals surface area contributed by atoms with Gasteiger partial charge in [0, 0.05) is 49.9 Å². The normalized spacial score (nSPS) is 10.6. The highest BCUT2D eigenvalue weighted by Crippen LogP contribution is 2.26. The number of benzene rings is 2. The van der Waals surface area contributed by atoms with Gasteiger partial charge in [0.15, 0.2) is 0 Å². The summed E-state index contributed by atoms with van der Waals surface area (Å²) in [6.07, 6.45) is 4.57. The van der Waals surface area contributed by atoms with Crippen molar-refractivity contribution in [2.45, 2.75) is 0 Å². The fourth-order valence-electron chi connectivity index (χ4n) is 3.10. The molecular formula is C22H18N6O5. The van der Waals surface area contributed by atoms with Crippen LogP contribution in [0.5, 0.6) is 5.75 Å². The van der Waals surface area contributed by atoms with Gasteiger partial charge >= 0.3 is 5.97 Å². The number of anilines is 1. The van der Waals surface area contributed by atoms with Crippen molar-refractivity contribution in [3.8, 4) is 17.0 Å². The van der Waals surface area contributed by atoms with Crippen LogP contribution in [0.4, 0.5) is 11.4 Å². The van der Waals surface area contributed by atoms with E-state index >= 15 is 0 Å². The molecule has 1 N–H and O–H groups in total. The van der Waals surface area contributed by atoms with Crippen molar-refractivity contribution in [2.24, 2.45) is 14.1 Å². The molecule has 0 aliphatic heterocycles. The summed E-state index contributed by atoms with van der Waals surface area (Å²) in [5, 5.41) is 21.9. The zero-order valence-corrected chi connectivity index (χ0v) is 17.6. The Labute approximate surface area is 187 Å². The lowest BCUT2D eigenvalue weighted by Crippen LogP contribution is -2.11. The van der Waals surface area contributed by atoms with Gasteiger partial charge in [-0.25, -0.2) is 4.79 Å². The number of carbonyl (C=O) groups is 2. The Morgan fingerprint density at radius 2 is 1.70 bits per heavy atom. The van der Waals surface area contributed by atoms with Gasteiger partial charge in [0.2, 0.25) is 0 Å². The summed E-state index contributed by atoms with van der Waals surface area (Å²) >= 11 is 0. The average Bonchev–Trinajstić information content (AvgIpc) is 3.41. The number of nitro benzene ring substituents is 1. The summed E-state index contributed by atoms with van der Waals surface area (Å²) in [5.41, 5.74) is 1.98. The van der Waals surface area contributed by atoms with Gasteiger partial charge in [-0.15, -0.1) is 0 Å². The number of non-ortho nitro benzene ring substituents is 1. The van der Waals surface area contributed by atoms with Gasteiger partial charge in [-0.2, -0.15) is 10.2 Å². The minimum atomic E-state index is -0.636. The molecule has 2 aromatic carbocycles. The molecule has 2 heterocycles. The van der Waals surface area contributed by atoms with Gasteiger partial charge in [0.1, 0.15) is 17.0 Å². The Hall–Kier alpha value is -4.80. The van der Waals surface area contributed by atoms with Crippen LogP contribution in [0.25, 0.3) is 11.3 Å². The summed E-state index contributed by atoms with van der Waals surface area (Å²) in [5.74, 6) is -0.669. The first-order valence-electron chi connectivity index (χ1n) is 9.71. The molecule has 11 nitrogen and oxygen atoms in total.